The average Bonchev–Trinajstić information content (AvgIpc) is 2.63. The first-order valence-corrected chi connectivity index (χ1v) is 6.27. The molecule has 0 aromatic carbocycles. The number of rotatable bonds is 2. The second kappa shape index (κ2) is 4.79. The first-order valence-electron chi connectivity index (χ1n) is 4.60. The number of nitrogens with one attached hydrogen (secondary N) is 2. The van der Waals surface area contributed by atoms with Crippen LogP contribution in [0.25, 0.3) is 0 Å². The van der Waals surface area contributed by atoms with Crippen LogP contribution < -0.4 is 10.6 Å². The zero-order valence-electron chi connectivity index (χ0n) is 7.72. The molecule has 0 atom stereocenters. The Hall–Kier alpha value is -0.550. The third-order valence-electron chi connectivity index (χ3n) is 2.00. The molecule has 2 N–H and O–H groups in total. The van der Waals surface area contributed by atoms with Crippen molar-refractivity contribution in [3.8, 4) is 0 Å². The zero-order chi connectivity index (χ0) is 9.80. The van der Waals surface area contributed by atoms with Crippen molar-refractivity contribution in [3.63, 3.8) is 0 Å². The first kappa shape index (κ1) is 9.98. The summed E-state index contributed by atoms with van der Waals surface area (Å²) in [5.41, 5.74) is 0. The summed E-state index contributed by atoms with van der Waals surface area (Å²) in [5, 5.41) is 8.59. The molecule has 0 unspecified atom stereocenters. The van der Waals surface area contributed by atoms with Crippen molar-refractivity contribution in [2.45, 2.75) is 13.0 Å². The standard InChI is InChI=1S/C9H12BrN3S/c10-7-2-5-14-8(7)6-13-9-11-3-1-4-12-9/h2,5H,1,3-4,6H2,(H2,11,12,13). The van der Waals surface area contributed by atoms with E-state index < -0.39 is 0 Å². The third-order valence-corrected chi connectivity index (χ3v) is 3.93. The van der Waals surface area contributed by atoms with Gasteiger partial charge in [0.2, 0.25) is 0 Å². The topological polar surface area (TPSA) is 36.4 Å². The van der Waals surface area contributed by atoms with E-state index in [0.717, 1.165) is 32.0 Å². The van der Waals surface area contributed by atoms with Crippen LogP contribution in [-0.2, 0) is 6.54 Å². The van der Waals surface area contributed by atoms with Gasteiger partial charge in [0, 0.05) is 22.4 Å². The summed E-state index contributed by atoms with van der Waals surface area (Å²) in [7, 11) is 0. The maximum atomic E-state index is 4.34. The van der Waals surface area contributed by atoms with Crippen LogP contribution in [-0.4, -0.2) is 19.0 Å². The number of nitrogens with zero attached hydrogens (tertiary/aromatic N) is 1. The molecule has 0 spiro atoms. The van der Waals surface area contributed by atoms with Gasteiger partial charge in [0.05, 0.1) is 6.54 Å². The molecule has 1 aliphatic rings. The quantitative estimate of drug-likeness (QED) is 0.864. The molecule has 0 aliphatic carbocycles. The lowest BCUT2D eigenvalue weighted by molar-refractivity contribution is 0.703. The average molecular weight is 274 g/mol. The van der Waals surface area contributed by atoms with Crippen molar-refractivity contribution < 1.29 is 0 Å². The SMILES string of the molecule is Brc1ccsc1CNC1=NCCCN1. The minimum atomic E-state index is 0.837. The van der Waals surface area contributed by atoms with Gasteiger partial charge in [0.15, 0.2) is 5.96 Å². The Labute approximate surface area is 95.8 Å². The van der Waals surface area contributed by atoms with E-state index in [2.05, 4.69) is 43.0 Å². The predicted molar refractivity (Wildman–Crippen MR) is 63.8 cm³/mol. The molecular formula is C9H12BrN3S. The zero-order valence-corrected chi connectivity index (χ0v) is 10.1. The number of hydrogen-bond donors (Lipinski definition) is 2. The summed E-state index contributed by atoms with van der Waals surface area (Å²) >= 11 is 5.25. The van der Waals surface area contributed by atoms with Gasteiger partial charge in [-0.05, 0) is 33.8 Å². The Morgan fingerprint density at radius 2 is 2.57 bits per heavy atom. The van der Waals surface area contributed by atoms with Gasteiger partial charge in [0.25, 0.3) is 0 Å². The molecule has 5 heteroatoms. The van der Waals surface area contributed by atoms with E-state index in [-0.39, 0.29) is 0 Å². The molecule has 76 valence electrons. The molecule has 1 aromatic rings. The summed E-state index contributed by atoms with van der Waals surface area (Å²) in [6, 6.07) is 2.07. The lowest BCUT2D eigenvalue weighted by atomic mass is 10.4. The number of halogens is 1. The molecule has 14 heavy (non-hydrogen) atoms. The molecule has 3 nitrogen and oxygen atoms in total. The summed E-state index contributed by atoms with van der Waals surface area (Å²) in [5.74, 6) is 0.927. The third kappa shape index (κ3) is 2.48. The van der Waals surface area contributed by atoms with Crippen LogP contribution in [0.2, 0.25) is 0 Å². The fourth-order valence-corrected chi connectivity index (χ4v) is 2.70. The van der Waals surface area contributed by atoms with Crippen LogP contribution in [0, 0.1) is 0 Å². The van der Waals surface area contributed by atoms with E-state index in [0.29, 0.717) is 0 Å². The fraction of sp³-hybridized carbons (Fsp3) is 0.444. The molecule has 0 amide bonds. The van der Waals surface area contributed by atoms with Gasteiger partial charge in [-0.2, -0.15) is 0 Å². The van der Waals surface area contributed by atoms with Gasteiger partial charge in [-0.3, -0.25) is 4.99 Å². The minimum absolute atomic E-state index is 0.837. The molecule has 0 bridgehead atoms. The molecule has 0 saturated carbocycles. The van der Waals surface area contributed by atoms with Crippen LogP contribution in [0.1, 0.15) is 11.3 Å². The summed E-state index contributed by atoms with van der Waals surface area (Å²) < 4.78 is 1.17. The van der Waals surface area contributed by atoms with E-state index in [1.165, 1.54) is 9.35 Å². The highest BCUT2D eigenvalue weighted by molar-refractivity contribution is 9.10. The van der Waals surface area contributed by atoms with Gasteiger partial charge in [0.1, 0.15) is 0 Å². The van der Waals surface area contributed by atoms with Crippen molar-refractivity contribution in [1.29, 1.82) is 0 Å². The number of aliphatic imine (C=N–C) groups is 1. The Kier molecular flexibility index (Phi) is 3.42. The van der Waals surface area contributed by atoms with Crippen LogP contribution in [0.5, 0.6) is 0 Å². The summed E-state index contributed by atoms with van der Waals surface area (Å²) in [6.07, 6.45) is 1.13. The summed E-state index contributed by atoms with van der Waals surface area (Å²) in [6.45, 7) is 2.79. The molecule has 0 fully saturated rings. The van der Waals surface area contributed by atoms with Crippen molar-refractivity contribution >= 4 is 33.2 Å². The van der Waals surface area contributed by atoms with E-state index in [9.17, 15) is 0 Å². The molecule has 1 aliphatic heterocycles. The maximum Gasteiger partial charge on any atom is 0.191 e. The highest BCUT2D eigenvalue weighted by Crippen LogP contribution is 2.21. The van der Waals surface area contributed by atoms with Crippen molar-refractivity contribution in [2.24, 2.45) is 4.99 Å². The highest BCUT2D eigenvalue weighted by atomic mass is 79.9. The highest BCUT2D eigenvalue weighted by Gasteiger charge is 2.05. The summed E-state index contributed by atoms with van der Waals surface area (Å²) in [4.78, 5) is 5.65. The number of hydrogen-bond acceptors (Lipinski definition) is 4. The first-order chi connectivity index (χ1) is 6.86. The van der Waals surface area contributed by atoms with E-state index in [1.807, 2.05) is 0 Å². The number of guanidine groups is 1. The lowest BCUT2D eigenvalue weighted by Crippen LogP contribution is -2.40. The second-order valence-electron chi connectivity index (χ2n) is 3.06. The van der Waals surface area contributed by atoms with Crippen LogP contribution >= 0.6 is 27.3 Å². The van der Waals surface area contributed by atoms with Crippen molar-refractivity contribution in [2.75, 3.05) is 13.1 Å². The monoisotopic (exact) mass is 273 g/mol. The number of thiophene rings is 1. The molecule has 0 saturated heterocycles. The van der Waals surface area contributed by atoms with Crippen molar-refractivity contribution in [1.82, 2.24) is 10.6 Å². The lowest BCUT2D eigenvalue weighted by Gasteiger charge is -2.15. The Morgan fingerprint density at radius 3 is 3.21 bits per heavy atom. The van der Waals surface area contributed by atoms with Crippen LogP contribution in [0.15, 0.2) is 20.9 Å². The molecule has 2 rings (SSSR count). The van der Waals surface area contributed by atoms with Gasteiger partial charge in [-0.1, -0.05) is 0 Å². The maximum absolute atomic E-state index is 4.34. The van der Waals surface area contributed by atoms with Gasteiger partial charge in [-0.15, -0.1) is 11.3 Å². The molecule has 2 heterocycles. The van der Waals surface area contributed by atoms with E-state index >= 15 is 0 Å². The fourth-order valence-electron chi connectivity index (χ4n) is 1.27. The van der Waals surface area contributed by atoms with E-state index in [4.69, 9.17) is 0 Å². The predicted octanol–water partition coefficient (Wildman–Crippen LogP) is 1.95. The van der Waals surface area contributed by atoms with Crippen LogP contribution in [0.4, 0.5) is 0 Å². The van der Waals surface area contributed by atoms with Gasteiger partial charge in [-0.25, -0.2) is 0 Å². The van der Waals surface area contributed by atoms with E-state index in [1.54, 1.807) is 11.3 Å². The molecule has 0 radical (unpaired) electrons. The largest absolute Gasteiger partial charge is 0.356 e. The van der Waals surface area contributed by atoms with Crippen LogP contribution in [0.3, 0.4) is 0 Å². The second-order valence-corrected chi connectivity index (χ2v) is 4.91. The van der Waals surface area contributed by atoms with Gasteiger partial charge >= 0.3 is 0 Å². The normalized spacial score (nSPS) is 15.9. The Bertz CT molecular complexity index is 335. The molecule has 1 aromatic heterocycles. The Balaban J connectivity index is 1.88. The van der Waals surface area contributed by atoms with Crippen molar-refractivity contribution in [3.05, 3.63) is 20.8 Å². The molecular weight excluding hydrogens is 262 g/mol. The minimum Gasteiger partial charge on any atom is -0.356 e. The van der Waals surface area contributed by atoms with Gasteiger partial charge < -0.3 is 10.6 Å². The Morgan fingerprint density at radius 1 is 1.64 bits per heavy atom. The smallest absolute Gasteiger partial charge is 0.191 e.